The highest BCUT2D eigenvalue weighted by molar-refractivity contribution is 7.89. The van der Waals surface area contributed by atoms with Crippen LogP contribution in [-0.2, 0) is 21.2 Å². The van der Waals surface area contributed by atoms with Crippen molar-refractivity contribution in [1.29, 1.82) is 0 Å². The molecule has 2 N–H and O–H groups in total. The lowest BCUT2D eigenvalue weighted by Crippen LogP contribution is -2.49. The van der Waals surface area contributed by atoms with Crippen LogP contribution in [-0.4, -0.2) is 69.4 Å². The summed E-state index contributed by atoms with van der Waals surface area (Å²) in [5.41, 5.74) is 0. The Morgan fingerprint density at radius 3 is 2.65 bits per heavy atom. The number of nitrogens with zero attached hydrogens (tertiary/aromatic N) is 2. The lowest BCUT2D eigenvalue weighted by molar-refractivity contribution is -0.0440. The summed E-state index contributed by atoms with van der Waals surface area (Å²) >= 11 is 0. The summed E-state index contributed by atoms with van der Waals surface area (Å²) in [6, 6.07) is 3.77. The van der Waals surface area contributed by atoms with E-state index in [4.69, 9.17) is 9.15 Å². The van der Waals surface area contributed by atoms with Crippen molar-refractivity contribution in [2.45, 2.75) is 39.4 Å². The van der Waals surface area contributed by atoms with E-state index in [1.807, 2.05) is 32.9 Å². The number of furan rings is 1. The number of guanidine groups is 1. The van der Waals surface area contributed by atoms with Crippen LogP contribution in [0.1, 0.15) is 26.5 Å². The first-order chi connectivity index (χ1) is 12.4. The molecule has 0 aliphatic carbocycles. The molecule has 2 heterocycles. The van der Waals surface area contributed by atoms with E-state index in [0.29, 0.717) is 32.1 Å². The fraction of sp³-hybridized carbons (Fsp3) is 0.706. The maximum Gasteiger partial charge on any atom is 0.216 e. The second-order valence-electron chi connectivity index (χ2n) is 6.41. The monoisotopic (exact) mass is 386 g/mol. The molecule has 1 aliphatic heterocycles. The van der Waals surface area contributed by atoms with Crippen molar-refractivity contribution < 1.29 is 17.6 Å². The molecule has 0 amide bonds. The smallest absolute Gasteiger partial charge is 0.216 e. The number of ether oxygens (including phenoxy) is 1. The van der Waals surface area contributed by atoms with Gasteiger partial charge in [0.05, 0.1) is 30.8 Å². The van der Waals surface area contributed by atoms with Crippen LogP contribution in [0.25, 0.3) is 0 Å². The highest BCUT2D eigenvalue weighted by Crippen LogP contribution is 2.14. The van der Waals surface area contributed by atoms with Gasteiger partial charge in [-0.05, 0) is 32.9 Å². The minimum atomic E-state index is -3.34. The second-order valence-corrected chi connectivity index (χ2v) is 8.50. The quantitative estimate of drug-likeness (QED) is 0.507. The van der Waals surface area contributed by atoms with Crippen molar-refractivity contribution >= 4 is 16.0 Å². The first-order valence-corrected chi connectivity index (χ1v) is 10.7. The molecule has 2 unspecified atom stereocenters. The maximum absolute atomic E-state index is 12.5. The Labute approximate surface area is 156 Å². The molecule has 9 heteroatoms. The fourth-order valence-electron chi connectivity index (χ4n) is 2.86. The largest absolute Gasteiger partial charge is 0.469 e. The Balaban J connectivity index is 1.83. The van der Waals surface area contributed by atoms with E-state index in [9.17, 15) is 8.42 Å². The molecule has 148 valence electrons. The Morgan fingerprint density at radius 1 is 1.31 bits per heavy atom. The molecule has 0 spiro atoms. The van der Waals surface area contributed by atoms with Gasteiger partial charge in [-0.1, -0.05) is 0 Å². The number of aliphatic imine (C=N–C) groups is 1. The molecule has 1 aromatic rings. The van der Waals surface area contributed by atoms with Crippen molar-refractivity contribution in [3.8, 4) is 0 Å². The van der Waals surface area contributed by atoms with Gasteiger partial charge in [-0.25, -0.2) is 8.42 Å². The van der Waals surface area contributed by atoms with Gasteiger partial charge in [-0.3, -0.25) is 4.99 Å². The predicted molar refractivity (Wildman–Crippen MR) is 102 cm³/mol. The van der Waals surface area contributed by atoms with E-state index in [0.717, 1.165) is 12.2 Å². The van der Waals surface area contributed by atoms with Crippen LogP contribution in [0.15, 0.2) is 27.8 Å². The Bertz CT molecular complexity index is 650. The Kier molecular flexibility index (Phi) is 7.92. The molecule has 2 atom stereocenters. The second kappa shape index (κ2) is 9.94. The van der Waals surface area contributed by atoms with Crippen LogP contribution in [0.5, 0.6) is 0 Å². The van der Waals surface area contributed by atoms with Crippen LogP contribution in [0.4, 0.5) is 0 Å². The molecule has 0 saturated carbocycles. The zero-order valence-corrected chi connectivity index (χ0v) is 16.6. The van der Waals surface area contributed by atoms with E-state index in [1.54, 1.807) is 6.26 Å². The number of hydrogen-bond donors (Lipinski definition) is 2. The summed E-state index contributed by atoms with van der Waals surface area (Å²) in [5, 5.41) is 6.31. The molecular weight excluding hydrogens is 356 g/mol. The Morgan fingerprint density at radius 2 is 2.04 bits per heavy atom. The molecule has 1 aliphatic rings. The van der Waals surface area contributed by atoms with Gasteiger partial charge >= 0.3 is 0 Å². The van der Waals surface area contributed by atoms with Gasteiger partial charge in [0.1, 0.15) is 5.76 Å². The molecule has 8 nitrogen and oxygen atoms in total. The molecule has 1 saturated heterocycles. The van der Waals surface area contributed by atoms with Crippen LogP contribution in [0, 0.1) is 0 Å². The summed E-state index contributed by atoms with van der Waals surface area (Å²) in [6.07, 6.45) is 2.21. The summed E-state index contributed by atoms with van der Waals surface area (Å²) in [5.74, 6) is 1.49. The lowest BCUT2D eigenvalue weighted by Gasteiger charge is -2.34. The first kappa shape index (κ1) is 20.7. The summed E-state index contributed by atoms with van der Waals surface area (Å²) in [4.78, 5) is 4.38. The highest BCUT2D eigenvalue weighted by atomic mass is 32.2. The van der Waals surface area contributed by atoms with Gasteiger partial charge in [0.25, 0.3) is 0 Å². The first-order valence-electron chi connectivity index (χ1n) is 9.08. The average molecular weight is 387 g/mol. The van der Waals surface area contributed by atoms with Crippen molar-refractivity contribution in [1.82, 2.24) is 14.9 Å². The van der Waals surface area contributed by atoms with Crippen LogP contribution in [0.2, 0.25) is 0 Å². The van der Waals surface area contributed by atoms with Crippen LogP contribution >= 0.6 is 0 Å². The molecule has 2 rings (SSSR count). The van der Waals surface area contributed by atoms with Crippen molar-refractivity contribution in [3.63, 3.8) is 0 Å². The maximum atomic E-state index is 12.5. The number of nitrogens with one attached hydrogen (secondary N) is 2. The van der Waals surface area contributed by atoms with E-state index in [-0.39, 0.29) is 24.5 Å². The number of morpholine rings is 1. The molecule has 0 aromatic carbocycles. The lowest BCUT2D eigenvalue weighted by atomic mass is 10.3. The van der Waals surface area contributed by atoms with Crippen LogP contribution in [0.3, 0.4) is 0 Å². The number of rotatable bonds is 8. The SMILES string of the molecule is CCNC(=NCCS(=O)(=O)N1CC(C)OC(C)C1)NCCc1ccco1. The average Bonchev–Trinajstić information content (AvgIpc) is 3.07. The standard InChI is InChI=1S/C17H30N4O4S/c1-4-18-17(19-8-7-16-6-5-10-24-16)20-9-11-26(22,23)21-12-14(2)25-15(3)13-21/h5-6,10,14-15H,4,7-9,11-13H2,1-3H3,(H2,18,19,20). The molecule has 0 bridgehead atoms. The minimum Gasteiger partial charge on any atom is -0.469 e. The summed E-state index contributed by atoms with van der Waals surface area (Å²) in [7, 11) is -3.34. The minimum absolute atomic E-state index is 0.0127. The van der Waals surface area contributed by atoms with Gasteiger partial charge in [-0.2, -0.15) is 4.31 Å². The number of hydrogen-bond acceptors (Lipinski definition) is 5. The van der Waals surface area contributed by atoms with Gasteiger partial charge < -0.3 is 19.8 Å². The molecule has 0 radical (unpaired) electrons. The topological polar surface area (TPSA) is 96.2 Å². The van der Waals surface area contributed by atoms with E-state index in [2.05, 4.69) is 15.6 Å². The summed E-state index contributed by atoms with van der Waals surface area (Å²) < 4.78 is 37.5. The van der Waals surface area contributed by atoms with Gasteiger partial charge in [0.15, 0.2) is 5.96 Å². The highest BCUT2D eigenvalue weighted by Gasteiger charge is 2.30. The fourth-order valence-corrected chi connectivity index (χ4v) is 4.31. The zero-order valence-electron chi connectivity index (χ0n) is 15.8. The van der Waals surface area contributed by atoms with Gasteiger partial charge in [0.2, 0.25) is 10.0 Å². The molecule has 26 heavy (non-hydrogen) atoms. The predicted octanol–water partition coefficient (Wildman–Crippen LogP) is 0.816. The Hall–Kier alpha value is -1.58. The van der Waals surface area contributed by atoms with Crippen molar-refractivity contribution in [2.24, 2.45) is 4.99 Å². The normalized spacial score (nSPS) is 22.3. The summed E-state index contributed by atoms with van der Waals surface area (Å²) in [6.45, 7) is 8.12. The third-order valence-electron chi connectivity index (χ3n) is 3.99. The van der Waals surface area contributed by atoms with Crippen molar-refractivity contribution in [3.05, 3.63) is 24.2 Å². The van der Waals surface area contributed by atoms with Crippen molar-refractivity contribution in [2.75, 3.05) is 38.5 Å². The van der Waals surface area contributed by atoms with E-state index < -0.39 is 10.0 Å². The van der Waals surface area contributed by atoms with Crippen LogP contribution < -0.4 is 10.6 Å². The zero-order chi connectivity index (χ0) is 19.0. The van der Waals surface area contributed by atoms with Gasteiger partial charge in [-0.15, -0.1) is 0 Å². The molecule has 1 fully saturated rings. The van der Waals surface area contributed by atoms with Gasteiger partial charge in [0, 0.05) is 32.6 Å². The van der Waals surface area contributed by atoms with E-state index >= 15 is 0 Å². The molecule has 1 aromatic heterocycles. The third kappa shape index (κ3) is 6.62. The van der Waals surface area contributed by atoms with E-state index in [1.165, 1.54) is 4.31 Å². The third-order valence-corrected chi connectivity index (χ3v) is 5.77. The number of sulfonamides is 1. The molecular formula is C17H30N4O4S.